The molecule has 2 aromatic rings. The number of anilines is 2. The third-order valence-corrected chi connectivity index (χ3v) is 4.68. The summed E-state index contributed by atoms with van der Waals surface area (Å²) in [5.41, 5.74) is 1.89. The number of benzene rings is 1. The molecule has 1 fully saturated rings. The number of aryl methyl sites for hydroxylation is 1. The summed E-state index contributed by atoms with van der Waals surface area (Å²) in [6.45, 7) is 4.05. The van der Waals surface area contributed by atoms with Crippen LogP contribution in [0.15, 0.2) is 36.4 Å². The molecule has 110 valence electrons. The van der Waals surface area contributed by atoms with E-state index in [-0.39, 0.29) is 6.09 Å². The molecule has 0 atom stereocenters. The Morgan fingerprint density at radius 3 is 2.86 bits per heavy atom. The molecule has 1 aromatic heterocycles. The molecule has 0 bridgehead atoms. The molecule has 1 N–H and O–H groups in total. The molecule has 0 saturated carbocycles. The number of thiophene rings is 1. The normalized spacial score (nSPS) is 14.3. The van der Waals surface area contributed by atoms with Crippen LogP contribution >= 0.6 is 11.3 Å². The second-order valence-corrected chi connectivity index (χ2v) is 6.14. The molecule has 1 aromatic carbocycles. The third kappa shape index (κ3) is 3.19. The van der Waals surface area contributed by atoms with Crippen LogP contribution in [0.1, 0.15) is 16.7 Å². The first kappa shape index (κ1) is 13.9. The quantitative estimate of drug-likeness (QED) is 0.911. The van der Waals surface area contributed by atoms with Crippen molar-refractivity contribution in [1.82, 2.24) is 0 Å². The van der Waals surface area contributed by atoms with E-state index in [9.17, 15) is 4.79 Å². The zero-order valence-corrected chi connectivity index (χ0v) is 12.8. The van der Waals surface area contributed by atoms with Gasteiger partial charge in [0, 0.05) is 27.7 Å². The van der Waals surface area contributed by atoms with Crippen molar-refractivity contribution in [2.24, 2.45) is 0 Å². The molecule has 0 radical (unpaired) electrons. The number of ether oxygens (including phenoxy) is 1. The van der Waals surface area contributed by atoms with Crippen molar-refractivity contribution in [2.75, 3.05) is 23.4 Å². The Morgan fingerprint density at radius 1 is 1.29 bits per heavy atom. The Labute approximate surface area is 128 Å². The van der Waals surface area contributed by atoms with Gasteiger partial charge in [0.1, 0.15) is 6.61 Å². The van der Waals surface area contributed by atoms with Crippen LogP contribution in [0, 0.1) is 0 Å². The maximum Gasteiger partial charge on any atom is 0.414 e. The zero-order valence-electron chi connectivity index (χ0n) is 12.0. The Balaban J connectivity index is 1.67. The number of rotatable bonds is 5. The first-order chi connectivity index (χ1) is 10.3. The van der Waals surface area contributed by atoms with Crippen molar-refractivity contribution in [2.45, 2.75) is 19.9 Å². The Hall–Kier alpha value is -2.01. The van der Waals surface area contributed by atoms with Crippen molar-refractivity contribution < 1.29 is 9.53 Å². The molecule has 1 amide bonds. The molecule has 0 spiro atoms. The number of cyclic esters (lactones) is 1. The van der Waals surface area contributed by atoms with Gasteiger partial charge in [-0.1, -0.05) is 13.0 Å². The van der Waals surface area contributed by atoms with E-state index in [1.165, 1.54) is 9.75 Å². The predicted octanol–water partition coefficient (Wildman–Crippen LogP) is 3.88. The highest BCUT2D eigenvalue weighted by Gasteiger charge is 2.23. The summed E-state index contributed by atoms with van der Waals surface area (Å²) in [4.78, 5) is 16.0. The van der Waals surface area contributed by atoms with Gasteiger partial charge in [0.25, 0.3) is 0 Å². The fourth-order valence-electron chi connectivity index (χ4n) is 2.31. The number of carbonyl (C=O) groups excluding carboxylic acids is 1. The molecule has 1 aliphatic heterocycles. The average molecular weight is 302 g/mol. The minimum absolute atomic E-state index is 0.266. The highest BCUT2D eigenvalue weighted by molar-refractivity contribution is 7.12. The lowest BCUT2D eigenvalue weighted by Crippen LogP contribution is -2.23. The molecule has 0 unspecified atom stereocenters. The lowest BCUT2D eigenvalue weighted by atomic mass is 10.2. The van der Waals surface area contributed by atoms with Crippen LogP contribution in [0.3, 0.4) is 0 Å². The first-order valence-electron chi connectivity index (χ1n) is 7.12. The molecule has 1 aliphatic rings. The van der Waals surface area contributed by atoms with E-state index in [4.69, 9.17) is 4.74 Å². The maximum absolute atomic E-state index is 11.6. The number of carbonyl (C=O) groups is 1. The number of hydrogen-bond donors (Lipinski definition) is 1. The second kappa shape index (κ2) is 6.18. The van der Waals surface area contributed by atoms with E-state index < -0.39 is 0 Å². The standard InChI is InChI=1S/C16H18N2O2S/c1-2-14-6-7-15(21-14)11-17-12-4-3-5-13(10-12)18-8-9-20-16(18)19/h3-7,10,17H,2,8-9,11H2,1H3. The highest BCUT2D eigenvalue weighted by atomic mass is 32.1. The van der Waals surface area contributed by atoms with Gasteiger partial charge in [0.05, 0.1) is 6.54 Å². The predicted molar refractivity (Wildman–Crippen MR) is 86.2 cm³/mol. The van der Waals surface area contributed by atoms with Crippen LogP contribution in [0.25, 0.3) is 0 Å². The molecular formula is C16H18N2O2S. The molecule has 0 aliphatic carbocycles. The van der Waals surface area contributed by atoms with Crippen LogP contribution < -0.4 is 10.2 Å². The van der Waals surface area contributed by atoms with Gasteiger partial charge in [-0.05, 0) is 36.8 Å². The van der Waals surface area contributed by atoms with Crippen molar-refractivity contribution in [3.8, 4) is 0 Å². The molecule has 2 heterocycles. The van der Waals surface area contributed by atoms with Gasteiger partial charge in [-0.25, -0.2) is 4.79 Å². The van der Waals surface area contributed by atoms with Gasteiger partial charge >= 0.3 is 6.09 Å². The third-order valence-electron chi connectivity index (χ3n) is 3.45. The first-order valence-corrected chi connectivity index (χ1v) is 7.93. The van der Waals surface area contributed by atoms with E-state index in [0.29, 0.717) is 13.2 Å². The van der Waals surface area contributed by atoms with Gasteiger partial charge in [-0.2, -0.15) is 0 Å². The fourth-order valence-corrected chi connectivity index (χ4v) is 3.21. The van der Waals surface area contributed by atoms with E-state index >= 15 is 0 Å². The van der Waals surface area contributed by atoms with Crippen LogP contribution in [-0.2, 0) is 17.7 Å². The van der Waals surface area contributed by atoms with Crippen LogP contribution in [-0.4, -0.2) is 19.2 Å². The summed E-state index contributed by atoms with van der Waals surface area (Å²) in [7, 11) is 0. The fraction of sp³-hybridized carbons (Fsp3) is 0.312. The van der Waals surface area contributed by atoms with E-state index in [1.807, 2.05) is 35.6 Å². The lowest BCUT2D eigenvalue weighted by Gasteiger charge is -2.14. The molecule has 5 heteroatoms. The topological polar surface area (TPSA) is 41.6 Å². The van der Waals surface area contributed by atoms with Gasteiger partial charge in [-0.15, -0.1) is 11.3 Å². The summed E-state index contributed by atoms with van der Waals surface area (Å²) in [6, 6.07) is 12.2. The van der Waals surface area contributed by atoms with E-state index in [1.54, 1.807) is 4.90 Å². The van der Waals surface area contributed by atoms with Crippen molar-refractivity contribution in [3.05, 3.63) is 46.2 Å². The summed E-state index contributed by atoms with van der Waals surface area (Å²) < 4.78 is 4.97. The SMILES string of the molecule is CCc1ccc(CNc2cccc(N3CCOC3=O)c2)s1. The number of nitrogens with zero attached hydrogens (tertiary/aromatic N) is 1. The van der Waals surface area contributed by atoms with Crippen molar-refractivity contribution >= 4 is 28.8 Å². The lowest BCUT2D eigenvalue weighted by molar-refractivity contribution is 0.181. The van der Waals surface area contributed by atoms with Crippen LogP contribution in [0.5, 0.6) is 0 Å². The van der Waals surface area contributed by atoms with E-state index in [0.717, 1.165) is 24.3 Å². The number of nitrogens with one attached hydrogen (secondary N) is 1. The maximum atomic E-state index is 11.6. The Morgan fingerprint density at radius 2 is 2.14 bits per heavy atom. The molecule has 21 heavy (non-hydrogen) atoms. The number of amides is 1. The molecular weight excluding hydrogens is 284 g/mol. The van der Waals surface area contributed by atoms with Crippen molar-refractivity contribution in [1.29, 1.82) is 0 Å². The Kier molecular flexibility index (Phi) is 4.10. The molecule has 1 saturated heterocycles. The largest absolute Gasteiger partial charge is 0.447 e. The average Bonchev–Trinajstić information content (AvgIpc) is 3.14. The minimum Gasteiger partial charge on any atom is -0.447 e. The van der Waals surface area contributed by atoms with Crippen LogP contribution in [0.2, 0.25) is 0 Å². The molecule has 4 nitrogen and oxygen atoms in total. The zero-order chi connectivity index (χ0) is 14.7. The Bertz CT molecular complexity index is 639. The van der Waals surface area contributed by atoms with Gasteiger partial charge in [-0.3, -0.25) is 4.90 Å². The van der Waals surface area contributed by atoms with E-state index in [2.05, 4.69) is 24.4 Å². The van der Waals surface area contributed by atoms with Crippen LogP contribution in [0.4, 0.5) is 16.2 Å². The van der Waals surface area contributed by atoms with Gasteiger partial charge in [0.15, 0.2) is 0 Å². The molecule has 3 rings (SSSR count). The monoisotopic (exact) mass is 302 g/mol. The summed E-state index contributed by atoms with van der Waals surface area (Å²) in [6.07, 6.45) is 0.815. The summed E-state index contributed by atoms with van der Waals surface area (Å²) >= 11 is 1.83. The summed E-state index contributed by atoms with van der Waals surface area (Å²) in [5.74, 6) is 0. The van der Waals surface area contributed by atoms with Gasteiger partial charge in [0.2, 0.25) is 0 Å². The summed E-state index contributed by atoms with van der Waals surface area (Å²) in [5, 5.41) is 3.41. The minimum atomic E-state index is -0.266. The second-order valence-electron chi connectivity index (χ2n) is 4.89. The smallest absolute Gasteiger partial charge is 0.414 e. The van der Waals surface area contributed by atoms with Gasteiger partial charge < -0.3 is 10.1 Å². The number of hydrogen-bond acceptors (Lipinski definition) is 4. The highest BCUT2D eigenvalue weighted by Crippen LogP contribution is 2.24. The van der Waals surface area contributed by atoms with Crippen molar-refractivity contribution in [3.63, 3.8) is 0 Å².